The first kappa shape index (κ1) is 28.4. The fourth-order valence-corrected chi connectivity index (χ4v) is 2.26. The van der Waals surface area contributed by atoms with Gasteiger partial charge >= 0.3 is 6.18 Å². The van der Waals surface area contributed by atoms with Crippen LogP contribution in [0.4, 0.5) is 13.2 Å². The second kappa shape index (κ2) is 14.4. The van der Waals surface area contributed by atoms with Crippen molar-refractivity contribution in [2.45, 2.75) is 45.5 Å². The fraction of sp³-hybridized carbons (Fsp3) is 0.600. The highest BCUT2D eigenvalue weighted by molar-refractivity contribution is 14.0. The normalized spacial score (nSPS) is 11.8. The maximum Gasteiger partial charge on any atom is 0.416 e. The zero-order valence-electron chi connectivity index (χ0n) is 17.9. The van der Waals surface area contributed by atoms with Gasteiger partial charge in [-0.05, 0) is 44.4 Å². The van der Waals surface area contributed by atoms with E-state index in [9.17, 15) is 18.0 Å². The van der Waals surface area contributed by atoms with E-state index in [-0.39, 0.29) is 49.1 Å². The largest absolute Gasteiger partial charge is 0.416 e. The van der Waals surface area contributed by atoms with Crippen LogP contribution in [-0.4, -0.2) is 56.7 Å². The van der Waals surface area contributed by atoms with Crippen LogP contribution in [0.2, 0.25) is 0 Å². The molecule has 0 aliphatic rings. The number of ether oxygens (including phenoxy) is 1. The molecule has 1 aromatic rings. The molecule has 172 valence electrons. The Morgan fingerprint density at radius 1 is 1.20 bits per heavy atom. The Balaban J connectivity index is 0.00000841. The van der Waals surface area contributed by atoms with Crippen molar-refractivity contribution in [1.82, 2.24) is 15.5 Å². The Labute approximate surface area is 193 Å². The molecule has 1 rings (SSSR count). The number of halogens is 4. The molecule has 0 fully saturated rings. The van der Waals surface area contributed by atoms with E-state index in [0.29, 0.717) is 24.7 Å². The number of hydrogen-bond donors (Lipinski definition) is 2. The summed E-state index contributed by atoms with van der Waals surface area (Å²) in [6, 6.07) is 5.05. The first-order chi connectivity index (χ1) is 13.6. The Kier molecular flexibility index (Phi) is 13.7. The van der Waals surface area contributed by atoms with E-state index in [4.69, 9.17) is 4.74 Å². The van der Waals surface area contributed by atoms with Crippen molar-refractivity contribution in [1.29, 1.82) is 0 Å². The van der Waals surface area contributed by atoms with Crippen LogP contribution in [0.3, 0.4) is 0 Å². The quantitative estimate of drug-likeness (QED) is 0.204. The van der Waals surface area contributed by atoms with Crippen molar-refractivity contribution >= 4 is 35.8 Å². The van der Waals surface area contributed by atoms with E-state index in [1.54, 1.807) is 20.2 Å². The zero-order chi connectivity index (χ0) is 21.9. The highest BCUT2D eigenvalue weighted by atomic mass is 127. The van der Waals surface area contributed by atoms with Crippen molar-refractivity contribution in [2.75, 3.05) is 33.8 Å². The van der Waals surface area contributed by atoms with E-state index >= 15 is 0 Å². The molecule has 0 aromatic heterocycles. The predicted octanol–water partition coefficient (Wildman–Crippen LogP) is 3.65. The molecule has 1 aromatic carbocycles. The average molecular weight is 544 g/mol. The number of nitrogens with one attached hydrogen (secondary N) is 2. The van der Waals surface area contributed by atoms with Crippen LogP contribution in [0.15, 0.2) is 29.3 Å². The lowest BCUT2D eigenvalue weighted by molar-refractivity contribution is -0.137. The summed E-state index contributed by atoms with van der Waals surface area (Å²) in [5.74, 6) is 0.242. The molecule has 2 N–H and O–H groups in total. The van der Waals surface area contributed by atoms with Crippen molar-refractivity contribution in [3.8, 4) is 0 Å². The van der Waals surface area contributed by atoms with Crippen LogP contribution in [0.5, 0.6) is 0 Å². The van der Waals surface area contributed by atoms with E-state index < -0.39 is 11.7 Å². The number of nitrogens with zero attached hydrogens (tertiary/aromatic N) is 2. The first-order valence-electron chi connectivity index (χ1n) is 9.59. The van der Waals surface area contributed by atoms with Crippen LogP contribution < -0.4 is 10.6 Å². The minimum Gasteiger partial charge on any atom is -0.379 e. The average Bonchev–Trinajstić information content (AvgIpc) is 2.64. The van der Waals surface area contributed by atoms with Gasteiger partial charge in [0.1, 0.15) is 0 Å². The Bertz CT molecular complexity index is 668. The number of unbranched alkanes of at least 4 members (excludes halogenated alkanes) is 1. The molecule has 0 aliphatic heterocycles. The van der Waals surface area contributed by atoms with Crippen molar-refractivity contribution in [3.05, 3.63) is 35.4 Å². The molecule has 0 spiro atoms. The number of guanidine groups is 1. The summed E-state index contributed by atoms with van der Waals surface area (Å²) in [6.07, 6.45) is -2.51. The van der Waals surface area contributed by atoms with Gasteiger partial charge in [-0.2, -0.15) is 13.2 Å². The zero-order valence-corrected chi connectivity index (χ0v) is 20.2. The van der Waals surface area contributed by atoms with E-state index in [0.717, 1.165) is 25.0 Å². The second-order valence-electron chi connectivity index (χ2n) is 7.06. The Hall–Kier alpha value is -1.56. The highest BCUT2D eigenvalue weighted by Gasteiger charge is 2.30. The molecule has 0 unspecified atom stereocenters. The number of aliphatic imine (C=N–C) groups is 1. The van der Waals surface area contributed by atoms with Crippen molar-refractivity contribution < 1.29 is 22.7 Å². The molecular formula is C20H32F3IN4O2. The minimum atomic E-state index is -4.39. The number of likely N-dealkylation sites (N-methyl/N-ethyl adjacent to an activating group) is 1. The van der Waals surface area contributed by atoms with Gasteiger partial charge in [-0.25, -0.2) is 4.99 Å². The van der Waals surface area contributed by atoms with Gasteiger partial charge in [-0.15, -0.1) is 24.0 Å². The van der Waals surface area contributed by atoms with Crippen LogP contribution in [0.25, 0.3) is 0 Å². The molecule has 0 bridgehead atoms. The Morgan fingerprint density at radius 3 is 2.50 bits per heavy atom. The van der Waals surface area contributed by atoms with Gasteiger partial charge in [0.15, 0.2) is 5.96 Å². The molecule has 0 atom stereocenters. The highest BCUT2D eigenvalue weighted by Crippen LogP contribution is 2.29. The number of hydrogen-bond acceptors (Lipinski definition) is 3. The van der Waals surface area contributed by atoms with Gasteiger partial charge in [-0.1, -0.05) is 12.1 Å². The standard InChI is InChI=1S/C20H31F3N4O2.HI/c1-15(2)29-11-6-5-10-24-19(26-14-18(28)27(3)4)25-13-16-8-7-9-17(12-16)20(21,22)23;/h7-9,12,15H,5-6,10-11,13-14H2,1-4H3,(H2,24,25,26);1H. The van der Waals surface area contributed by atoms with Gasteiger partial charge < -0.3 is 20.3 Å². The molecule has 0 saturated carbocycles. The minimum absolute atomic E-state index is 0. The van der Waals surface area contributed by atoms with Crippen molar-refractivity contribution in [2.24, 2.45) is 4.99 Å². The van der Waals surface area contributed by atoms with Gasteiger partial charge in [0.2, 0.25) is 5.91 Å². The first-order valence-corrected chi connectivity index (χ1v) is 9.59. The summed E-state index contributed by atoms with van der Waals surface area (Å²) in [5, 5.41) is 6.03. The van der Waals surface area contributed by atoms with Crippen LogP contribution in [-0.2, 0) is 22.3 Å². The number of benzene rings is 1. The summed E-state index contributed by atoms with van der Waals surface area (Å²) in [6.45, 7) is 5.31. The molecule has 0 heterocycles. The summed E-state index contributed by atoms with van der Waals surface area (Å²) < 4.78 is 44.1. The molecule has 0 aliphatic carbocycles. The van der Waals surface area contributed by atoms with E-state index in [2.05, 4.69) is 15.6 Å². The van der Waals surface area contributed by atoms with Gasteiger partial charge in [0, 0.05) is 27.2 Å². The summed E-state index contributed by atoms with van der Waals surface area (Å²) >= 11 is 0. The smallest absolute Gasteiger partial charge is 0.379 e. The van der Waals surface area contributed by atoms with Crippen molar-refractivity contribution in [3.63, 3.8) is 0 Å². The molecule has 6 nitrogen and oxygen atoms in total. The molecule has 1 amide bonds. The topological polar surface area (TPSA) is 66.0 Å². The number of rotatable bonds is 10. The lowest BCUT2D eigenvalue weighted by Crippen LogP contribution is -2.43. The number of amides is 1. The van der Waals surface area contributed by atoms with E-state index in [1.165, 1.54) is 11.0 Å². The predicted molar refractivity (Wildman–Crippen MR) is 123 cm³/mol. The van der Waals surface area contributed by atoms with Crippen LogP contribution in [0.1, 0.15) is 37.8 Å². The van der Waals surface area contributed by atoms with Gasteiger partial charge in [-0.3, -0.25) is 4.79 Å². The van der Waals surface area contributed by atoms with Gasteiger partial charge in [0.05, 0.1) is 24.8 Å². The summed E-state index contributed by atoms with van der Waals surface area (Å²) in [7, 11) is 3.29. The maximum atomic E-state index is 12.9. The summed E-state index contributed by atoms with van der Waals surface area (Å²) in [4.78, 5) is 17.6. The monoisotopic (exact) mass is 544 g/mol. The molecule has 0 radical (unpaired) electrons. The van der Waals surface area contributed by atoms with Crippen LogP contribution in [0, 0.1) is 0 Å². The van der Waals surface area contributed by atoms with E-state index in [1.807, 2.05) is 13.8 Å². The SMILES string of the molecule is CC(C)OCCCCNC(=NCc1cccc(C(F)(F)F)c1)NCC(=O)N(C)C.I. The number of carbonyl (C=O) groups excluding carboxylic acids is 1. The third-order valence-electron chi connectivity index (χ3n) is 3.89. The fourth-order valence-electron chi connectivity index (χ4n) is 2.26. The lowest BCUT2D eigenvalue weighted by Gasteiger charge is -2.15. The molecule has 0 saturated heterocycles. The Morgan fingerprint density at radius 2 is 1.90 bits per heavy atom. The van der Waals surface area contributed by atoms with Gasteiger partial charge in [0.25, 0.3) is 0 Å². The number of carbonyl (C=O) groups is 1. The summed E-state index contributed by atoms with van der Waals surface area (Å²) in [5.41, 5.74) is -0.272. The second-order valence-corrected chi connectivity index (χ2v) is 7.06. The third-order valence-corrected chi connectivity index (χ3v) is 3.89. The number of alkyl halides is 3. The van der Waals surface area contributed by atoms with Crippen LogP contribution >= 0.6 is 24.0 Å². The molecule has 10 heteroatoms. The lowest BCUT2D eigenvalue weighted by atomic mass is 10.1. The maximum absolute atomic E-state index is 12.9. The molecule has 30 heavy (non-hydrogen) atoms. The third kappa shape index (κ3) is 12.2. The molecular weight excluding hydrogens is 512 g/mol.